The average Bonchev–Trinajstić information content (AvgIpc) is 3.13. The van der Waals surface area contributed by atoms with Crippen molar-refractivity contribution in [3.05, 3.63) is 47.2 Å². The maximum Gasteiger partial charge on any atom is 0.254 e. The van der Waals surface area contributed by atoms with E-state index >= 15 is 0 Å². The SMILES string of the molecule is O=C(NC1CCc2n[nH]nc2C1)c1cc2ccoc2cc1F. The van der Waals surface area contributed by atoms with E-state index in [1.54, 1.807) is 6.07 Å². The highest BCUT2D eigenvalue weighted by atomic mass is 19.1. The number of aromatic nitrogens is 3. The van der Waals surface area contributed by atoms with Crippen LogP contribution in [0.25, 0.3) is 11.0 Å². The van der Waals surface area contributed by atoms with Crippen molar-refractivity contribution in [2.75, 3.05) is 0 Å². The Labute approximate surface area is 124 Å². The molecule has 2 heterocycles. The number of hydrogen-bond acceptors (Lipinski definition) is 4. The lowest BCUT2D eigenvalue weighted by atomic mass is 9.96. The van der Waals surface area contributed by atoms with E-state index < -0.39 is 11.7 Å². The van der Waals surface area contributed by atoms with Crippen LogP contribution in [0.3, 0.4) is 0 Å². The molecule has 3 aromatic rings. The minimum Gasteiger partial charge on any atom is -0.464 e. The summed E-state index contributed by atoms with van der Waals surface area (Å²) in [5.74, 6) is -1.00. The van der Waals surface area contributed by atoms with Gasteiger partial charge in [-0.25, -0.2) is 4.39 Å². The van der Waals surface area contributed by atoms with Gasteiger partial charge in [0.15, 0.2) is 0 Å². The Bertz CT molecular complexity index is 854. The summed E-state index contributed by atoms with van der Waals surface area (Å²) < 4.78 is 19.2. The Morgan fingerprint density at radius 2 is 2.23 bits per heavy atom. The molecule has 1 amide bonds. The molecule has 0 aliphatic heterocycles. The van der Waals surface area contributed by atoms with E-state index in [2.05, 4.69) is 20.7 Å². The van der Waals surface area contributed by atoms with Crippen LogP contribution in [0.5, 0.6) is 0 Å². The predicted molar refractivity (Wildman–Crippen MR) is 75.8 cm³/mol. The number of H-pyrrole nitrogens is 1. The summed E-state index contributed by atoms with van der Waals surface area (Å²) in [6.07, 6.45) is 3.59. The first kappa shape index (κ1) is 13.0. The van der Waals surface area contributed by atoms with Gasteiger partial charge in [-0.15, -0.1) is 0 Å². The van der Waals surface area contributed by atoms with Crippen molar-refractivity contribution in [2.45, 2.75) is 25.3 Å². The van der Waals surface area contributed by atoms with E-state index in [0.29, 0.717) is 17.4 Å². The highest BCUT2D eigenvalue weighted by Crippen LogP contribution is 2.21. The van der Waals surface area contributed by atoms with Crippen LogP contribution in [0.15, 0.2) is 28.9 Å². The minimum atomic E-state index is -0.585. The Morgan fingerprint density at radius 1 is 1.36 bits per heavy atom. The van der Waals surface area contributed by atoms with Crippen LogP contribution in [-0.4, -0.2) is 27.4 Å². The second kappa shape index (κ2) is 4.94. The zero-order valence-electron chi connectivity index (χ0n) is 11.6. The van der Waals surface area contributed by atoms with Crippen LogP contribution in [0.1, 0.15) is 28.2 Å². The molecule has 112 valence electrons. The molecule has 1 aliphatic carbocycles. The predicted octanol–water partition coefficient (Wildman–Crippen LogP) is 1.98. The van der Waals surface area contributed by atoms with Crippen molar-refractivity contribution < 1.29 is 13.6 Å². The quantitative estimate of drug-likeness (QED) is 0.758. The Morgan fingerprint density at radius 3 is 3.14 bits per heavy atom. The summed E-state index contributed by atoms with van der Waals surface area (Å²) in [6, 6.07) is 4.38. The number of carbonyl (C=O) groups excluding carboxylic acids is 1. The molecule has 1 atom stereocenters. The highest BCUT2D eigenvalue weighted by Gasteiger charge is 2.24. The van der Waals surface area contributed by atoms with E-state index in [1.807, 2.05) is 0 Å². The molecule has 1 unspecified atom stereocenters. The summed E-state index contributed by atoms with van der Waals surface area (Å²) >= 11 is 0. The molecule has 0 spiro atoms. The molecule has 22 heavy (non-hydrogen) atoms. The van der Waals surface area contributed by atoms with Crippen molar-refractivity contribution >= 4 is 16.9 Å². The van der Waals surface area contributed by atoms with Gasteiger partial charge in [-0.1, -0.05) is 0 Å². The first-order chi connectivity index (χ1) is 10.7. The summed E-state index contributed by atoms with van der Waals surface area (Å²) in [5, 5.41) is 14.3. The van der Waals surface area contributed by atoms with Crippen molar-refractivity contribution in [1.82, 2.24) is 20.7 Å². The molecule has 0 radical (unpaired) electrons. The molecule has 0 saturated carbocycles. The molecule has 6 nitrogen and oxygen atoms in total. The van der Waals surface area contributed by atoms with E-state index in [9.17, 15) is 9.18 Å². The first-order valence-electron chi connectivity index (χ1n) is 7.07. The smallest absolute Gasteiger partial charge is 0.254 e. The van der Waals surface area contributed by atoms with E-state index in [-0.39, 0.29) is 11.6 Å². The van der Waals surface area contributed by atoms with Gasteiger partial charge in [0.2, 0.25) is 0 Å². The standard InChI is InChI=1S/C15H13FN4O2/c16-11-7-14-8(3-4-22-14)5-10(11)15(21)17-9-1-2-12-13(6-9)19-20-18-12/h3-5,7,9H,1-2,6H2,(H,17,21)(H,18,19,20). The maximum atomic E-state index is 14.0. The van der Waals surface area contributed by atoms with Crippen LogP contribution in [0.2, 0.25) is 0 Å². The van der Waals surface area contributed by atoms with Gasteiger partial charge in [0, 0.05) is 23.9 Å². The molecule has 0 saturated heterocycles. The van der Waals surface area contributed by atoms with Crippen LogP contribution in [-0.2, 0) is 12.8 Å². The summed E-state index contributed by atoms with van der Waals surface area (Å²) in [5.41, 5.74) is 2.26. The van der Waals surface area contributed by atoms with Crippen molar-refractivity contribution in [3.63, 3.8) is 0 Å². The molecule has 7 heteroatoms. The topological polar surface area (TPSA) is 83.8 Å². The molecular formula is C15H13FN4O2. The first-order valence-corrected chi connectivity index (χ1v) is 7.07. The number of aromatic amines is 1. The third-order valence-corrected chi connectivity index (χ3v) is 3.99. The molecule has 2 aromatic heterocycles. The average molecular weight is 300 g/mol. The number of amides is 1. The van der Waals surface area contributed by atoms with Gasteiger partial charge < -0.3 is 9.73 Å². The number of benzene rings is 1. The fraction of sp³-hybridized carbons (Fsp3) is 0.267. The van der Waals surface area contributed by atoms with Gasteiger partial charge >= 0.3 is 0 Å². The lowest BCUT2D eigenvalue weighted by Crippen LogP contribution is -2.39. The highest BCUT2D eigenvalue weighted by molar-refractivity contribution is 5.98. The molecule has 0 fully saturated rings. The Kier molecular flexibility index (Phi) is 2.92. The molecule has 2 N–H and O–H groups in total. The van der Waals surface area contributed by atoms with Crippen LogP contribution in [0.4, 0.5) is 4.39 Å². The third kappa shape index (κ3) is 2.14. The van der Waals surface area contributed by atoms with E-state index in [0.717, 1.165) is 24.2 Å². The summed E-state index contributed by atoms with van der Waals surface area (Å²) in [7, 11) is 0. The van der Waals surface area contributed by atoms with Gasteiger partial charge in [-0.05, 0) is 25.0 Å². The normalized spacial score (nSPS) is 17.4. The van der Waals surface area contributed by atoms with Crippen LogP contribution >= 0.6 is 0 Å². The fourth-order valence-corrected chi connectivity index (χ4v) is 2.83. The minimum absolute atomic E-state index is 0.0276. The van der Waals surface area contributed by atoms with Gasteiger partial charge in [0.25, 0.3) is 5.91 Å². The number of furan rings is 1. The lowest BCUT2D eigenvalue weighted by molar-refractivity contribution is 0.0929. The number of hydrogen-bond donors (Lipinski definition) is 2. The number of rotatable bonds is 2. The second-order valence-electron chi connectivity index (χ2n) is 5.42. The molecule has 1 aliphatic rings. The zero-order valence-corrected chi connectivity index (χ0v) is 11.6. The second-order valence-corrected chi connectivity index (χ2v) is 5.42. The van der Waals surface area contributed by atoms with Gasteiger partial charge in [0.05, 0.1) is 23.2 Å². The largest absolute Gasteiger partial charge is 0.464 e. The summed E-state index contributed by atoms with van der Waals surface area (Å²) in [6.45, 7) is 0. The van der Waals surface area contributed by atoms with Crippen molar-refractivity contribution in [3.8, 4) is 0 Å². The number of carbonyl (C=O) groups is 1. The van der Waals surface area contributed by atoms with Gasteiger partial charge in [0.1, 0.15) is 11.4 Å². The zero-order chi connectivity index (χ0) is 15.1. The number of nitrogens with one attached hydrogen (secondary N) is 2. The van der Waals surface area contributed by atoms with E-state index in [1.165, 1.54) is 18.4 Å². The number of aryl methyl sites for hydroxylation is 1. The third-order valence-electron chi connectivity index (χ3n) is 3.99. The Balaban J connectivity index is 1.55. The van der Waals surface area contributed by atoms with Crippen molar-refractivity contribution in [1.29, 1.82) is 0 Å². The Hall–Kier alpha value is -2.70. The van der Waals surface area contributed by atoms with E-state index in [4.69, 9.17) is 4.42 Å². The van der Waals surface area contributed by atoms with Crippen molar-refractivity contribution in [2.24, 2.45) is 0 Å². The molecule has 1 aromatic carbocycles. The summed E-state index contributed by atoms with van der Waals surface area (Å²) in [4.78, 5) is 12.3. The van der Waals surface area contributed by atoms with Crippen LogP contribution in [0, 0.1) is 5.82 Å². The number of halogens is 1. The monoisotopic (exact) mass is 300 g/mol. The van der Waals surface area contributed by atoms with Gasteiger partial charge in [-0.3, -0.25) is 4.79 Å². The van der Waals surface area contributed by atoms with Gasteiger partial charge in [-0.2, -0.15) is 15.4 Å². The number of nitrogens with zero attached hydrogens (tertiary/aromatic N) is 2. The maximum absolute atomic E-state index is 14.0. The molecule has 0 bridgehead atoms. The fourth-order valence-electron chi connectivity index (χ4n) is 2.83. The molecular weight excluding hydrogens is 287 g/mol. The lowest BCUT2D eigenvalue weighted by Gasteiger charge is -2.21. The molecule has 4 rings (SSSR count). The van der Waals surface area contributed by atoms with Crippen LogP contribution < -0.4 is 5.32 Å². The number of fused-ring (bicyclic) bond motifs is 2.